The van der Waals surface area contributed by atoms with Crippen molar-refractivity contribution in [3.05, 3.63) is 46.9 Å². The summed E-state index contributed by atoms with van der Waals surface area (Å²) < 4.78 is 10.5. The molecular formula is C20H22N2O5. The Morgan fingerprint density at radius 3 is 2.41 bits per heavy atom. The quantitative estimate of drug-likeness (QED) is 0.817. The summed E-state index contributed by atoms with van der Waals surface area (Å²) in [5.74, 6) is 0.213. The van der Waals surface area contributed by atoms with Gasteiger partial charge >= 0.3 is 5.97 Å². The Bertz CT molecular complexity index is 883. The topological polar surface area (TPSA) is 88.8 Å². The van der Waals surface area contributed by atoms with Crippen LogP contribution in [-0.2, 0) is 14.3 Å². The van der Waals surface area contributed by atoms with Crippen LogP contribution in [0.25, 0.3) is 0 Å². The minimum absolute atomic E-state index is 0.110. The van der Waals surface area contributed by atoms with Crippen molar-refractivity contribution in [3.8, 4) is 0 Å². The highest BCUT2D eigenvalue weighted by Crippen LogP contribution is 2.23. The van der Waals surface area contributed by atoms with Crippen LogP contribution in [-0.4, -0.2) is 30.9 Å². The Morgan fingerprint density at radius 1 is 1.15 bits per heavy atom. The summed E-state index contributed by atoms with van der Waals surface area (Å²) in [5, 5.41) is 2.67. The predicted octanol–water partition coefficient (Wildman–Crippen LogP) is 3.13. The summed E-state index contributed by atoms with van der Waals surface area (Å²) in [4.78, 5) is 37.7. The number of anilines is 2. The zero-order valence-electron chi connectivity index (χ0n) is 15.6. The maximum absolute atomic E-state index is 12.2. The molecule has 1 aromatic carbocycles. The van der Waals surface area contributed by atoms with Gasteiger partial charge in [0.15, 0.2) is 6.61 Å². The minimum atomic E-state index is -0.583. The van der Waals surface area contributed by atoms with E-state index in [1.165, 1.54) is 0 Å². The molecule has 1 aliphatic heterocycles. The average molecular weight is 370 g/mol. The van der Waals surface area contributed by atoms with Crippen LogP contribution in [0.15, 0.2) is 28.7 Å². The fourth-order valence-corrected chi connectivity index (χ4v) is 3.14. The van der Waals surface area contributed by atoms with E-state index >= 15 is 0 Å². The highest BCUT2D eigenvalue weighted by atomic mass is 16.5. The summed E-state index contributed by atoms with van der Waals surface area (Å²) in [6.07, 6.45) is 1.43. The zero-order chi connectivity index (χ0) is 19.6. The molecule has 2 amide bonds. The number of aryl methyl sites for hydroxylation is 2. The van der Waals surface area contributed by atoms with Gasteiger partial charge in [-0.1, -0.05) is 0 Å². The molecule has 142 valence electrons. The largest absolute Gasteiger partial charge is 0.465 e. The average Bonchev–Trinajstić information content (AvgIpc) is 3.16. The number of esters is 1. The van der Waals surface area contributed by atoms with Crippen LogP contribution in [0.1, 0.15) is 40.3 Å². The third-order valence-electron chi connectivity index (χ3n) is 4.64. The number of furan rings is 1. The van der Waals surface area contributed by atoms with Gasteiger partial charge in [-0.05, 0) is 51.5 Å². The smallest absolute Gasteiger partial charge is 0.342 e. The summed E-state index contributed by atoms with van der Waals surface area (Å²) in [6, 6.07) is 7.00. The first-order valence-corrected chi connectivity index (χ1v) is 8.81. The molecule has 1 aliphatic rings. The molecule has 27 heavy (non-hydrogen) atoms. The van der Waals surface area contributed by atoms with Gasteiger partial charge in [-0.3, -0.25) is 9.59 Å². The molecule has 7 heteroatoms. The molecule has 0 saturated carbocycles. The molecule has 2 heterocycles. The van der Waals surface area contributed by atoms with Gasteiger partial charge in [0.2, 0.25) is 5.91 Å². The Hall–Kier alpha value is -3.09. The Labute approximate surface area is 157 Å². The molecule has 3 rings (SSSR count). The number of benzene rings is 1. The number of carbonyl (C=O) groups is 3. The number of nitrogens with one attached hydrogen (secondary N) is 1. The summed E-state index contributed by atoms with van der Waals surface area (Å²) >= 11 is 0. The molecule has 0 bridgehead atoms. The van der Waals surface area contributed by atoms with Crippen LogP contribution in [0, 0.1) is 20.8 Å². The van der Waals surface area contributed by atoms with E-state index in [-0.39, 0.29) is 5.91 Å². The fraction of sp³-hybridized carbons (Fsp3) is 0.350. The SMILES string of the molecule is Cc1oc(C)c(C(=O)OCC(=O)Nc2ccc(N3CCCC3=O)cc2)c1C. The normalized spacial score (nSPS) is 13.7. The van der Waals surface area contributed by atoms with E-state index in [0.29, 0.717) is 41.3 Å². The standard InChI is InChI=1S/C20H22N2O5/c1-12-13(2)27-14(3)19(12)20(25)26-11-17(23)21-15-6-8-16(9-7-15)22-10-4-5-18(22)24/h6-9H,4-5,10-11H2,1-3H3,(H,21,23). The van der Waals surface area contributed by atoms with Crippen molar-refractivity contribution in [2.24, 2.45) is 0 Å². The maximum Gasteiger partial charge on any atom is 0.342 e. The van der Waals surface area contributed by atoms with Gasteiger partial charge in [0.1, 0.15) is 17.1 Å². The lowest BCUT2D eigenvalue weighted by Gasteiger charge is -2.16. The minimum Gasteiger partial charge on any atom is -0.465 e. The Morgan fingerprint density at radius 2 is 1.85 bits per heavy atom. The van der Waals surface area contributed by atoms with E-state index in [1.54, 1.807) is 49.9 Å². The van der Waals surface area contributed by atoms with Crippen LogP contribution < -0.4 is 10.2 Å². The van der Waals surface area contributed by atoms with Gasteiger partial charge in [-0.15, -0.1) is 0 Å². The van der Waals surface area contributed by atoms with Crippen molar-refractivity contribution < 1.29 is 23.5 Å². The van der Waals surface area contributed by atoms with Crippen LogP contribution in [0.3, 0.4) is 0 Å². The number of nitrogens with zero attached hydrogens (tertiary/aromatic N) is 1. The molecule has 0 atom stereocenters. The number of ether oxygens (including phenoxy) is 1. The first-order valence-electron chi connectivity index (χ1n) is 8.81. The second-order valence-electron chi connectivity index (χ2n) is 6.53. The van der Waals surface area contributed by atoms with E-state index < -0.39 is 18.5 Å². The maximum atomic E-state index is 12.2. The van der Waals surface area contributed by atoms with E-state index in [4.69, 9.17) is 9.15 Å². The van der Waals surface area contributed by atoms with E-state index in [0.717, 1.165) is 12.1 Å². The first-order chi connectivity index (χ1) is 12.9. The van der Waals surface area contributed by atoms with Gasteiger partial charge in [0.25, 0.3) is 5.91 Å². The molecule has 1 fully saturated rings. The number of hydrogen-bond donors (Lipinski definition) is 1. The van der Waals surface area contributed by atoms with Crippen LogP contribution >= 0.6 is 0 Å². The predicted molar refractivity (Wildman–Crippen MR) is 99.9 cm³/mol. The fourth-order valence-electron chi connectivity index (χ4n) is 3.14. The van der Waals surface area contributed by atoms with Crippen molar-refractivity contribution in [2.45, 2.75) is 33.6 Å². The molecule has 0 unspecified atom stereocenters. The Balaban J connectivity index is 1.55. The van der Waals surface area contributed by atoms with Gasteiger partial charge < -0.3 is 19.4 Å². The number of rotatable bonds is 5. The van der Waals surface area contributed by atoms with Gasteiger partial charge in [0.05, 0.1) is 0 Å². The zero-order valence-corrected chi connectivity index (χ0v) is 15.6. The van der Waals surface area contributed by atoms with Crippen molar-refractivity contribution in [2.75, 3.05) is 23.4 Å². The van der Waals surface area contributed by atoms with Crippen LogP contribution in [0.2, 0.25) is 0 Å². The molecule has 1 N–H and O–H groups in total. The molecule has 7 nitrogen and oxygen atoms in total. The van der Waals surface area contributed by atoms with Crippen molar-refractivity contribution >= 4 is 29.2 Å². The molecule has 0 radical (unpaired) electrons. The number of carbonyl (C=O) groups excluding carboxylic acids is 3. The van der Waals surface area contributed by atoms with E-state index in [2.05, 4.69) is 5.32 Å². The summed E-state index contributed by atoms with van der Waals surface area (Å²) in [7, 11) is 0. The lowest BCUT2D eigenvalue weighted by Crippen LogP contribution is -2.24. The van der Waals surface area contributed by atoms with Crippen LogP contribution in [0.5, 0.6) is 0 Å². The highest BCUT2D eigenvalue weighted by Gasteiger charge is 2.22. The number of hydrogen-bond acceptors (Lipinski definition) is 5. The van der Waals surface area contributed by atoms with Crippen LogP contribution in [0.4, 0.5) is 11.4 Å². The third kappa shape index (κ3) is 4.02. The molecule has 1 aromatic heterocycles. The van der Waals surface area contributed by atoms with Crippen molar-refractivity contribution in [1.29, 1.82) is 0 Å². The van der Waals surface area contributed by atoms with Crippen molar-refractivity contribution in [3.63, 3.8) is 0 Å². The molecule has 2 aromatic rings. The Kier molecular flexibility index (Phi) is 5.30. The molecule has 0 spiro atoms. The number of amides is 2. The van der Waals surface area contributed by atoms with Gasteiger partial charge in [0, 0.05) is 29.9 Å². The second-order valence-corrected chi connectivity index (χ2v) is 6.53. The molecule has 0 aliphatic carbocycles. The summed E-state index contributed by atoms with van der Waals surface area (Å²) in [6.45, 7) is 5.55. The lowest BCUT2D eigenvalue weighted by atomic mass is 10.1. The van der Waals surface area contributed by atoms with E-state index in [1.807, 2.05) is 0 Å². The highest BCUT2D eigenvalue weighted by molar-refractivity contribution is 5.98. The third-order valence-corrected chi connectivity index (χ3v) is 4.64. The second kappa shape index (κ2) is 7.65. The van der Waals surface area contributed by atoms with Crippen molar-refractivity contribution in [1.82, 2.24) is 0 Å². The van der Waals surface area contributed by atoms with Gasteiger partial charge in [-0.2, -0.15) is 0 Å². The monoisotopic (exact) mass is 370 g/mol. The lowest BCUT2D eigenvalue weighted by molar-refractivity contribution is -0.119. The molecule has 1 saturated heterocycles. The molecular weight excluding hydrogens is 348 g/mol. The van der Waals surface area contributed by atoms with E-state index in [9.17, 15) is 14.4 Å². The first kappa shape index (κ1) is 18.7. The van der Waals surface area contributed by atoms with Gasteiger partial charge in [-0.25, -0.2) is 4.79 Å². The summed E-state index contributed by atoms with van der Waals surface area (Å²) in [5.41, 5.74) is 2.45.